The predicted molar refractivity (Wildman–Crippen MR) is 116 cm³/mol. The highest BCUT2D eigenvalue weighted by Gasteiger charge is 2.31. The van der Waals surface area contributed by atoms with Crippen LogP contribution in [0.25, 0.3) is 0 Å². The molecule has 0 amide bonds. The van der Waals surface area contributed by atoms with Gasteiger partial charge in [-0.15, -0.1) is 0 Å². The second kappa shape index (κ2) is 7.53. The molecule has 0 bridgehead atoms. The monoisotopic (exact) mass is 432 g/mol. The summed E-state index contributed by atoms with van der Waals surface area (Å²) in [5.74, 6) is 0.760. The van der Waals surface area contributed by atoms with Crippen LogP contribution in [0.3, 0.4) is 0 Å². The molecule has 0 aromatic heterocycles. The molecule has 3 aliphatic rings. The molecule has 7 heteroatoms. The Bertz CT molecular complexity index is 1210. The van der Waals surface area contributed by atoms with Crippen molar-refractivity contribution >= 4 is 11.5 Å². The van der Waals surface area contributed by atoms with E-state index in [4.69, 9.17) is 14.2 Å². The molecule has 3 aromatic carbocycles. The van der Waals surface area contributed by atoms with Crippen molar-refractivity contribution in [2.75, 3.05) is 31.3 Å². The molecule has 3 aromatic rings. The number of benzene rings is 3. The molecular formula is C25H21FN2O4. The summed E-state index contributed by atoms with van der Waals surface area (Å²) in [5, 5.41) is 3.40. The van der Waals surface area contributed by atoms with Crippen molar-refractivity contribution in [2.24, 2.45) is 0 Å². The minimum absolute atomic E-state index is 0.00522. The summed E-state index contributed by atoms with van der Waals surface area (Å²) in [6.07, 6.45) is 0. The van der Waals surface area contributed by atoms with Gasteiger partial charge >= 0.3 is 0 Å². The first-order valence-electron chi connectivity index (χ1n) is 10.6. The first-order valence-corrected chi connectivity index (χ1v) is 10.6. The largest absolute Gasteiger partial charge is 0.488 e. The van der Waals surface area contributed by atoms with Crippen LogP contribution in [-0.2, 0) is 6.61 Å². The minimum atomic E-state index is -0.413. The Morgan fingerprint density at radius 1 is 0.938 bits per heavy atom. The summed E-state index contributed by atoms with van der Waals surface area (Å²) in [6.45, 7) is 2.41. The topological polar surface area (TPSA) is 60.0 Å². The second-order valence-electron chi connectivity index (χ2n) is 8.10. The molecule has 0 saturated carbocycles. The maximum atomic E-state index is 15.5. The molecule has 1 N–H and O–H groups in total. The Morgan fingerprint density at radius 2 is 1.75 bits per heavy atom. The average Bonchev–Trinajstić information content (AvgIpc) is 3.25. The fraction of sp³-hybridized carbons (Fsp3) is 0.240. The second-order valence-corrected chi connectivity index (χ2v) is 8.10. The Labute approximate surface area is 184 Å². The van der Waals surface area contributed by atoms with Crippen molar-refractivity contribution in [2.45, 2.75) is 12.6 Å². The number of halogens is 1. The highest BCUT2D eigenvalue weighted by atomic mass is 19.1. The summed E-state index contributed by atoms with van der Waals surface area (Å²) in [5.41, 5.74) is 2.92. The Kier molecular flexibility index (Phi) is 4.50. The number of nitrogens with zero attached hydrogens (tertiary/aromatic N) is 1. The van der Waals surface area contributed by atoms with Crippen molar-refractivity contribution in [1.29, 1.82) is 0 Å². The van der Waals surface area contributed by atoms with Gasteiger partial charge in [0.15, 0.2) is 17.3 Å². The minimum Gasteiger partial charge on any atom is -0.488 e. The van der Waals surface area contributed by atoms with E-state index in [1.807, 2.05) is 18.2 Å². The van der Waals surface area contributed by atoms with Gasteiger partial charge in [0.1, 0.15) is 18.2 Å². The molecule has 0 aliphatic carbocycles. The number of fused-ring (bicyclic) bond motifs is 3. The molecule has 6 rings (SSSR count). The van der Waals surface area contributed by atoms with E-state index in [2.05, 4.69) is 22.3 Å². The Hall–Kier alpha value is -3.58. The molecule has 3 heterocycles. The van der Waals surface area contributed by atoms with E-state index < -0.39 is 5.82 Å². The zero-order valence-electron chi connectivity index (χ0n) is 17.3. The number of anilines is 1. The van der Waals surface area contributed by atoms with Gasteiger partial charge in [-0.3, -0.25) is 4.79 Å². The van der Waals surface area contributed by atoms with Crippen LogP contribution in [0.2, 0.25) is 0 Å². The zero-order chi connectivity index (χ0) is 21.7. The smallest absolute Gasteiger partial charge is 0.231 e. The van der Waals surface area contributed by atoms with Gasteiger partial charge in [-0.2, -0.15) is 0 Å². The van der Waals surface area contributed by atoms with Gasteiger partial charge in [0.2, 0.25) is 6.79 Å². The molecular weight excluding hydrogens is 411 g/mol. The molecule has 32 heavy (non-hydrogen) atoms. The van der Waals surface area contributed by atoms with E-state index in [1.54, 1.807) is 18.2 Å². The fourth-order valence-corrected chi connectivity index (χ4v) is 4.64. The lowest BCUT2D eigenvalue weighted by atomic mass is 9.96. The van der Waals surface area contributed by atoms with Crippen LogP contribution in [0.4, 0.5) is 10.1 Å². The number of ether oxygens (including phenoxy) is 3. The van der Waals surface area contributed by atoms with E-state index in [-0.39, 0.29) is 25.2 Å². The van der Waals surface area contributed by atoms with Crippen molar-refractivity contribution < 1.29 is 23.4 Å². The molecule has 1 saturated heterocycles. The van der Waals surface area contributed by atoms with E-state index in [0.717, 1.165) is 12.1 Å². The van der Waals surface area contributed by atoms with Gasteiger partial charge in [-0.25, -0.2) is 4.39 Å². The highest BCUT2D eigenvalue weighted by molar-refractivity contribution is 6.12. The fourth-order valence-electron chi connectivity index (χ4n) is 4.64. The molecule has 1 atom stereocenters. The van der Waals surface area contributed by atoms with Crippen LogP contribution < -0.4 is 24.4 Å². The van der Waals surface area contributed by atoms with E-state index in [0.29, 0.717) is 52.7 Å². The zero-order valence-corrected chi connectivity index (χ0v) is 17.3. The van der Waals surface area contributed by atoms with E-state index >= 15 is 4.39 Å². The molecule has 0 spiro atoms. The third-order valence-corrected chi connectivity index (χ3v) is 6.26. The number of nitrogens with one attached hydrogen (secondary N) is 1. The van der Waals surface area contributed by atoms with Crippen molar-refractivity contribution in [3.63, 3.8) is 0 Å². The quantitative estimate of drug-likeness (QED) is 0.664. The first-order chi connectivity index (χ1) is 15.7. The van der Waals surface area contributed by atoms with Gasteiger partial charge < -0.3 is 24.4 Å². The van der Waals surface area contributed by atoms with E-state index in [9.17, 15) is 4.79 Å². The summed E-state index contributed by atoms with van der Waals surface area (Å²) in [7, 11) is 0. The van der Waals surface area contributed by atoms with Gasteiger partial charge in [0.25, 0.3) is 0 Å². The van der Waals surface area contributed by atoms with Crippen molar-refractivity contribution in [3.05, 3.63) is 82.7 Å². The maximum absolute atomic E-state index is 15.5. The van der Waals surface area contributed by atoms with Gasteiger partial charge in [0, 0.05) is 36.8 Å². The Balaban J connectivity index is 1.40. The van der Waals surface area contributed by atoms with Crippen LogP contribution in [0.1, 0.15) is 33.1 Å². The third kappa shape index (κ3) is 3.08. The number of hydrogen-bond donors (Lipinski definition) is 1. The normalized spacial score (nSPS) is 19.1. The first kappa shape index (κ1) is 19.1. The maximum Gasteiger partial charge on any atom is 0.231 e. The summed E-state index contributed by atoms with van der Waals surface area (Å²) in [4.78, 5) is 15.4. The number of rotatable bonds is 2. The van der Waals surface area contributed by atoms with Crippen molar-refractivity contribution in [1.82, 2.24) is 5.32 Å². The molecule has 0 radical (unpaired) electrons. The van der Waals surface area contributed by atoms with Crippen LogP contribution in [0.15, 0.2) is 54.6 Å². The lowest BCUT2D eigenvalue weighted by Crippen LogP contribution is -2.46. The summed E-state index contributed by atoms with van der Waals surface area (Å²) < 4.78 is 32.2. The Morgan fingerprint density at radius 3 is 2.59 bits per heavy atom. The summed E-state index contributed by atoms with van der Waals surface area (Å²) >= 11 is 0. The van der Waals surface area contributed by atoms with Gasteiger partial charge in [-0.1, -0.05) is 30.3 Å². The molecule has 1 unspecified atom stereocenters. The van der Waals surface area contributed by atoms with Gasteiger partial charge in [-0.05, 0) is 23.8 Å². The van der Waals surface area contributed by atoms with Crippen LogP contribution in [0.5, 0.6) is 17.2 Å². The highest BCUT2D eigenvalue weighted by Crippen LogP contribution is 2.42. The lowest BCUT2D eigenvalue weighted by molar-refractivity contribution is 0.103. The molecule has 1 fully saturated rings. The number of ketones is 1. The number of carbonyl (C=O) groups is 1. The predicted octanol–water partition coefficient (Wildman–Crippen LogP) is 3.83. The number of carbonyl (C=O) groups excluding carboxylic acids is 1. The molecule has 6 nitrogen and oxygen atoms in total. The molecule has 162 valence electrons. The standard InChI is InChI=1S/C25H21FN2O4/c26-19-9-17-16(13-30-22-11-24-23(31-14-32-24)10-18(22)25(17)29)8-20(19)28-7-6-27-12-21(28)15-4-2-1-3-5-15/h1-5,8-11,21,27H,6-7,12-14H2. The van der Waals surface area contributed by atoms with Crippen LogP contribution >= 0.6 is 0 Å². The van der Waals surface area contributed by atoms with E-state index in [1.165, 1.54) is 6.07 Å². The van der Waals surface area contributed by atoms with Gasteiger partial charge in [0.05, 0.1) is 17.3 Å². The van der Waals surface area contributed by atoms with Crippen LogP contribution in [-0.4, -0.2) is 32.2 Å². The summed E-state index contributed by atoms with van der Waals surface area (Å²) in [6, 6.07) is 16.4. The lowest BCUT2D eigenvalue weighted by Gasteiger charge is -2.38. The van der Waals surface area contributed by atoms with Crippen molar-refractivity contribution in [3.8, 4) is 17.2 Å². The average molecular weight is 432 g/mol. The SMILES string of the molecule is O=C1c2cc(F)c(N3CCNCC3c3ccccc3)cc2COc2cc3c(cc21)OCO3. The van der Waals surface area contributed by atoms with Crippen LogP contribution in [0, 0.1) is 5.82 Å². The number of hydrogen-bond acceptors (Lipinski definition) is 6. The molecule has 3 aliphatic heterocycles. The number of piperazine rings is 1. The third-order valence-electron chi connectivity index (χ3n) is 6.26.